The van der Waals surface area contributed by atoms with Crippen LogP contribution in [0.5, 0.6) is 0 Å². The monoisotopic (exact) mass is 618 g/mol. The van der Waals surface area contributed by atoms with Gasteiger partial charge in [0.15, 0.2) is 0 Å². The fourth-order valence-electron chi connectivity index (χ4n) is 5.07. The second-order valence-electron chi connectivity index (χ2n) is 11.2. The predicted molar refractivity (Wildman–Crippen MR) is 169 cm³/mol. The lowest BCUT2D eigenvalue weighted by Crippen LogP contribution is -2.29. The molecule has 1 aliphatic carbocycles. The molecule has 0 saturated heterocycles. The van der Waals surface area contributed by atoms with Crippen LogP contribution in [0.1, 0.15) is 65.8 Å². The van der Waals surface area contributed by atoms with E-state index in [1.165, 1.54) is 0 Å². The van der Waals surface area contributed by atoms with E-state index in [1.54, 1.807) is 26.0 Å². The summed E-state index contributed by atoms with van der Waals surface area (Å²) in [6.07, 6.45) is 4.17. The Bertz CT molecular complexity index is 1790. The molecule has 1 aliphatic rings. The molecular weight excluding hydrogens is 591 g/mol. The number of fused-ring (bicyclic) bond motifs is 1. The minimum atomic E-state index is -1.15. The van der Waals surface area contributed by atoms with Gasteiger partial charge in [-0.15, -0.1) is 0 Å². The van der Waals surface area contributed by atoms with Crippen LogP contribution in [0.15, 0.2) is 79.0 Å². The molecule has 2 N–H and O–H groups in total. The van der Waals surface area contributed by atoms with Gasteiger partial charge >= 0.3 is 0 Å². The maximum atomic E-state index is 13.5. The largest absolute Gasteiger partial charge is 0.386 e. The van der Waals surface area contributed by atoms with Crippen molar-refractivity contribution in [2.75, 3.05) is 6.54 Å². The van der Waals surface area contributed by atoms with Crippen LogP contribution in [-0.2, 0) is 5.60 Å². The molecule has 1 atom stereocenters. The topological polar surface area (TPSA) is 80.0 Å². The number of nitrogens with one attached hydrogen (secondary N) is 1. The smallest absolute Gasteiger partial charge is 0.251 e. The molecule has 0 radical (unpaired) electrons. The number of hydrogen-bond acceptors (Lipinski definition) is 4. The predicted octanol–water partition coefficient (Wildman–Crippen LogP) is 8.18. The van der Waals surface area contributed by atoms with E-state index in [9.17, 15) is 9.90 Å². The van der Waals surface area contributed by atoms with Crippen LogP contribution in [0, 0.1) is 0 Å². The van der Waals surface area contributed by atoms with Gasteiger partial charge in [-0.3, -0.25) is 14.5 Å². The normalized spacial score (nSPS) is 14.2. The molecule has 0 spiro atoms. The fourth-order valence-corrected chi connectivity index (χ4v) is 5.73. The van der Waals surface area contributed by atoms with Crippen molar-refractivity contribution in [2.24, 2.45) is 0 Å². The van der Waals surface area contributed by atoms with Gasteiger partial charge in [-0.1, -0.05) is 77.3 Å². The van der Waals surface area contributed by atoms with Crippen LogP contribution < -0.4 is 5.32 Å². The first-order valence-electron chi connectivity index (χ1n) is 13.8. The summed E-state index contributed by atoms with van der Waals surface area (Å²) >= 11 is 19.5. The number of pyridine rings is 1. The molecule has 1 unspecified atom stereocenters. The first-order valence-corrected chi connectivity index (χ1v) is 14.9. The fraction of sp³-hybridized carbons (Fsp3) is 0.242. The highest BCUT2D eigenvalue weighted by Gasteiger charge is 2.26. The lowest BCUT2D eigenvalue weighted by Gasteiger charge is -2.24. The Hall–Kier alpha value is -3.42. The summed E-state index contributed by atoms with van der Waals surface area (Å²) in [5.74, 6) is -0.582. The van der Waals surface area contributed by atoms with E-state index in [2.05, 4.69) is 10.4 Å². The van der Waals surface area contributed by atoms with E-state index in [-0.39, 0.29) is 18.4 Å². The van der Waals surface area contributed by atoms with Gasteiger partial charge in [-0.2, -0.15) is 5.10 Å². The minimum absolute atomic E-state index is 0.254. The molecule has 6 nitrogen and oxygen atoms in total. The van der Waals surface area contributed by atoms with Gasteiger partial charge in [-0.25, -0.2) is 0 Å². The van der Waals surface area contributed by atoms with Crippen molar-refractivity contribution >= 4 is 51.6 Å². The van der Waals surface area contributed by atoms with Gasteiger partial charge in [0.1, 0.15) is 5.52 Å². The molecule has 2 heterocycles. The number of carbonyl (C=O) groups is 1. The van der Waals surface area contributed by atoms with Crippen LogP contribution >= 0.6 is 34.8 Å². The summed E-state index contributed by atoms with van der Waals surface area (Å²) in [7, 11) is 0. The summed E-state index contributed by atoms with van der Waals surface area (Å²) in [6.45, 7) is 3.70. The Morgan fingerprint density at radius 3 is 2.50 bits per heavy atom. The highest BCUT2D eigenvalue weighted by molar-refractivity contribution is 6.43. The number of halogens is 3. The van der Waals surface area contributed by atoms with E-state index in [0.29, 0.717) is 54.7 Å². The highest BCUT2D eigenvalue weighted by Crippen LogP contribution is 2.37. The maximum absolute atomic E-state index is 13.5. The molecule has 214 valence electrons. The van der Waals surface area contributed by atoms with Crippen molar-refractivity contribution in [1.29, 1.82) is 0 Å². The summed E-state index contributed by atoms with van der Waals surface area (Å²) in [4.78, 5) is 18.5. The van der Waals surface area contributed by atoms with Crippen molar-refractivity contribution in [3.8, 4) is 11.3 Å². The van der Waals surface area contributed by atoms with Crippen LogP contribution in [-0.4, -0.2) is 32.3 Å². The minimum Gasteiger partial charge on any atom is -0.386 e. The van der Waals surface area contributed by atoms with Gasteiger partial charge in [0.25, 0.3) is 5.91 Å². The number of nitrogens with zero attached hydrogens (tertiary/aromatic N) is 3. The number of amides is 1. The van der Waals surface area contributed by atoms with Crippen molar-refractivity contribution in [3.63, 3.8) is 0 Å². The molecule has 0 aliphatic heterocycles. The number of aliphatic hydroxyl groups is 1. The number of hydrogen-bond donors (Lipinski definition) is 2. The molecule has 5 aromatic rings. The molecule has 3 aromatic carbocycles. The number of aromatic nitrogens is 3. The molecule has 1 fully saturated rings. The molecule has 6 rings (SSSR count). The van der Waals surface area contributed by atoms with Gasteiger partial charge in [-0.05, 0) is 68.1 Å². The number of carbonyl (C=O) groups excluding carboxylic acids is 1. The summed E-state index contributed by atoms with van der Waals surface area (Å²) in [5.41, 5.74) is 3.53. The average Bonchev–Trinajstić information content (AvgIpc) is 3.73. The van der Waals surface area contributed by atoms with E-state index in [0.717, 1.165) is 23.8 Å². The van der Waals surface area contributed by atoms with Gasteiger partial charge < -0.3 is 10.4 Å². The Kier molecular flexibility index (Phi) is 7.75. The standard InChI is InChI=1S/C33H29Cl3N4O2/c1-33(2,42)22-15-28(24-9-6-10-26(34)30(24)36)38-29(16-22)25(19-7-4-3-5-8-19)17-37-32(41)20-13-21-18-40(23-11-12-23)39-31(21)27(35)14-20/h3-10,13-16,18,23,25,42H,11-12,17H2,1-2H3,(H,37,41). The quantitative estimate of drug-likeness (QED) is 0.184. The molecule has 0 bridgehead atoms. The molecule has 1 saturated carbocycles. The highest BCUT2D eigenvalue weighted by atomic mass is 35.5. The van der Waals surface area contributed by atoms with Crippen molar-refractivity contribution in [3.05, 3.63) is 116 Å². The zero-order chi connectivity index (χ0) is 29.6. The van der Waals surface area contributed by atoms with Crippen molar-refractivity contribution < 1.29 is 9.90 Å². The number of rotatable bonds is 8. The Morgan fingerprint density at radius 2 is 1.79 bits per heavy atom. The average molecular weight is 620 g/mol. The first-order chi connectivity index (χ1) is 20.1. The third kappa shape index (κ3) is 5.90. The second kappa shape index (κ2) is 11.3. The van der Waals surface area contributed by atoms with Gasteiger partial charge in [0, 0.05) is 35.2 Å². The SMILES string of the molecule is CC(C)(O)c1cc(-c2cccc(Cl)c2Cl)nc(C(CNC(=O)c2cc(Cl)c3nn(C4CC4)cc3c2)c2ccccc2)c1. The molecular formula is C33H29Cl3N4O2. The Labute approximate surface area is 259 Å². The number of benzene rings is 3. The molecule has 1 amide bonds. The lowest BCUT2D eigenvalue weighted by atomic mass is 9.90. The second-order valence-corrected chi connectivity index (χ2v) is 12.4. The third-order valence-corrected chi connectivity index (χ3v) is 8.67. The van der Waals surface area contributed by atoms with E-state index >= 15 is 0 Å². The van der Waals surface area contributed by atoms with Crippen LogP contribution in [0.4, 0.5) is 0 Å². The summed E-state index contributed by atoms with van der Waals surface area (Å²) in [5, 5.41) is 20.8. The zero-order valence-electron chi connectivity index (χ0n) is 23.1. The summed E-state index contributed by atoms with van der Waals surface area (Å²) < 4.78 is 1.94. The van der Waals surface area contributed by atoms with Crippen LogP contribution in [0.25, 0.3) is 22.2 Å². The van der Waals surface area contributed by atoms with Gasteiger partial charge in [0.05, 0.1) is 38.1 Å². The third-order valence-electron chi connectivity index (χ3n) is 7.57. The van der Waals surface area contributed by atoms with E-state index in [4.69, 9.17) is 39.8 Å². The Morgan fingerprint density at radius 1 is 1.02 bits per heavy atom. The van der Waals surface area contributed by atoms with Crippen molar-refractivity contribution in [1.82, 2.24) is 20.1 Å². The Balaban J connectivity index is 1.36. The molecule has 42 heavy (non-hydrogen) atoms. The maximum Gasteiger partial charge on any atom is 0.251 e. The lowest BCUT2D eigenvalue weighted by molar-refractivity contribution is 0.0783. The molecule has 9 heteroatoms. The van der Waals surface area contributed by atoms with E-state index < -0.39 is 5.60 Å². The van der Waals surface area contributed by atoms with E-state index in [1.807, 2.05) is 71.5 Å². The van der Waals surface area contributed by atoms with Gasteiger partial charge in [0.2, 0.25) is 0 Å². The first kappa shape index (κ1) is 28.7. The zero-order valence-corrected chi connectivity index (χ0v) is 25.4. The van der Waals surface area contributed by atoms with Crippen LogP contribution in [0.3, 0.4) is 0 Å². The summed E-state index contributed by atoms with van der Waals surface area (Å²) in [6, 6.07) is 22.8. The molecule has 2 aromatic heterocycles. The van der Waals surface area contributed by atoms with Crippen LogP contribution in [0.2, 0.25) is 15.1 Å². The van der Waals surface area contributed by atoms with Crippen molar-refractivity contribution in [2.45, 2.75) is 44.2 Å².